The molecule has 0 aromatic carbocycles. The maximum absolute atomic E-state index is 6.13. The molecule has 0 radical (unpaired) electrons. The van der Waals surface area contributed by atoms with Crippen LogP contribution < -0.4 is 5.32 Å². The van der Waals surface area contributed by atoms with E-state index in [0.29, 0.717) is 12.5 Å². The van der Waals surface area contributed by atoms with Gasteiger partial charge in [-0.1, -0.05) is 37.3 Å². The average Bonchev–Trinajstić information content (AvgIpc) is 2.73. The van der Waals surface area contributed by atoms with Crippen LogP contribution in [0.3, 0.4) is 0 Å². The largest absolute Gasteiger partial charge is 0.381 e. The van der Waals surface area contributed by atoms with Crippen LogP contribution in [-0.2, 0) is 0 Å². The quantitative estimate of drug-likeness (QED) is 0.718. The second kappa shape index (κ2) is 8.96. The number of aromatic nitrogens is 1. The number of halogens is 1. The molecule has 1 heterocycles. The fourth-order valence-corrected chi connectivity index (χ4v) is 2.92. The molecule has 1 unspecified atom stereocenters. The Morgan fingerprint density at radius 1 is 1.39 bits per heavy atom. The first kappa shape index (κ1) is 17.8. The predicted molar refractivity (Wildman–Crippen MR) is 99.7 cm³/mol. The minimum atomic E-state index is 0.404. The SMILES string of the molecule is CCN(CC)CCCC(C)Nc1ccnc2c1C#CCC(Cl)=C2. The molecule has 124 valence electrons. The topological polar surface area (TPSA) is 28.2 Å². The summed E-state index contributed by atoms with van der Waals surface area (Å²) in [5.74, 6) is 6.31. The summed E-state index contributed by atoms with van der Waals surface area (Å²) in [6.45, 7) is 10.1. The van der Waals surface area contributed by atoms with Crippen molar-refractivity contribution >= 4 is 23.4 Å². The number of hydrogen-bond acceptors (Lipinski definition) is 3. The maximum atomic E-state index is 6.13. The fourth-order valence-electron chi connectivity index (χ4n) is 2.75. The minimum absolute atomic E-state index is 0.404. The molecule has 0 fully saturated rings. The van der Waals surface area contributed by atoms with Gasteiger partial charge in [0.25, 0.3) is 0 Å². The number of rotatable bonds is 8. The van der Waals surface area contributed by atoms with Gasteiger partial charge in [-0.05, 0) is 51.5 Å². The zero-order valence-corrected chi connectivity index (χ0v) is 15.1. The van der Waals surface area contributed by atoms with Crippen LogP contribution in [0.5, 0.6) is 0 Å². The van der Waals surface area contributed by atoms with E-state index in [4.69, 9.17) is 11.6 Å². The maximum Gasteiger partial charge on any atom is 0.0818 e. The molecule has 4 heteroatoms. The predicted octanol–water partition coefficient (Wildman–Crippen LogP) is 4.34. The van der Waals surface area contributed by atoms with Gasteiger partial charge in [0.2, 0.25) is 0 Å². The van der Waals surface area contributed by atoms with Gasteiger partial charge in [0, 0.05) is 23.7 Å². The molecule has 0 saturated carbocycles. The van der Waals surface area contributed by atoms with Crippen LogP contribution in [0.15, 0.2) is 17.3 Å². The second-order valence-electron chi connectivity index (χ2n) is 5.90. The van der Waals surface area contributed by atoms with Gasteiger partial charge in [0.1, 0.15) is 0 Å². The Labute approximate surface area is 145 Å². The van der Waals surface area contributed by atoms with Crippen LogP contribution in [0.4, 0.5) is 5.69 Å². The number of nitrogens with zero attached hydrogens (tertiary/aromatic N) is 2. The minimum Gasteiger partial charge on any atom is -0.381 e. The third-order valence-electron chi connectivity index (χ3n) is 4.15. The van der Waals surface area contributed by atoms with E-state index in [-0.39, 0.29) is 0 Å². The lowest BCUT2D eigenvalue weighted by Crippen LogP contribution is -2.25. The van der Waals surface area contributed by atoms with Gasteiger partial charge in [0.05, 0.1) is 16.9 Å². The lowest BCUT2D eigenvalue weighted by Gasteiger charge is -2.21. The molecule has 2 rings (SSSR count). The summed E-state index contributed by atoms with van der Waals surface area (Å²) in [6, 6.07) is 2.41. The highest BCUT2D eigenvalue weighted by molar-refractivity contribution is 6.31. The van der Waals surface area contributed by atoms with E-state index in [1.165, 1.54) is 6.42 Å². The number of anilines is 1. The van der Waals surface area contributed by atoms with Crippen molar-refractivity contribution in [2.75, 3.05) is 25.0 Å². The monoisotopic (exact) mass is 331 g/mol. The van der Waals surface area contributed by atoms with E-state index in [2.05, 4.69) is 47.8 Å². The van der Waals surface area contributed by atoms with Crippen molar-refractivity contribution in [1.82, 2.24) is 9.88 Å². The fraction of sp³-hybridized carbons (Fsp3) is 0.526. The van der Waals surface area contributed by atoms with Gasteiger partial charge in [-0.15, -0.1) is 0 Å². The van der Waals surface area contributed by atoms with Crippen LogP contribution >= 0.6 is 11.6 Å². The zero-order valence-electron chi connectivity index (χ0n) is 14.3. The van der Waals surface area contributed by atoms with Crippen LogP contribution in [0.2, 0.25) is 0 Å². The molecule has 1 aliphatic carbocycles. The van der Waals surface area contributed by atoms with Crippen molar-refractivity contribution in [2.24, 2.45) is 0 Å². The molecular formula is C19H26ClN3. The Hall–Kier alpha value is -1.50. The second-order valence-corrected chi connectivity index (χ2v) is 6.39. The highest BCUT2D eigenvalue weighted by Crippen LogP contribution is 2.24. The van der Waals surface area contributed by atoms with E-state index in [0.717, 1.165) is 48.0 Å². The summed E-state index contributed by atoms with van der Waals surface area (Å²) in [5.41, 5.74) is 2.87. The molecule has 0 spiro atoms. The Bertz CT molecular complexity index is 609. The van der Waals surface area contributed by atoms with Crippen LogP contribution in [0.1, 0.15) is 51.3 Å². The summed E-state index contributed by atoms with van der Waals surface area (Å²) in [4.78, 5) is 6.86. The molecular weight excluding hydrogens is 306 g/mol. The van der Waals surface area contributed by atoms with E-state index < -0.39 is 0 Å². The van der Waals surface area contributed by atoms with E-state index in [9.17, 15) is 0 Å². The molecule has 1 aromatic rings. The summed E-state index contributed by atoms with van der Waals surface area (Å²) in [6.07, 6.45) is 6.65. The highest BCUT2D eigenvalue weighted by atomic mass is 35.5. The van der Waals surface area contributed by atoms with E-state index in [1.807, 2.05) is 18.3 Å². The lowest BCUT2D eigenvalue weighted by molar-refractivity contribution is 0.295. The van der Waals surface area contributed by atoms with Gasteiger partial charge in [-0.25, -0.2) is 0 Å². The van der Waals surface area contributed by atoms with Crippen molar-refractivity contribution in [3.05, 3.63) is 28.6 Å². The first-order valence-corrected chi connectivity index (χ1v) is 8.84. The molecule has 1 aliphatic rings. The Kier molecular flexibility index (Phi) is 6.95. The van der Waals surface area contributed by atoms with Gasteiger partial charge in [-0.2, -0.15) is 0 Å². The van der Waals surface area contributed by atoms with Crippen LogP contribution in [0.25, 0.3) is 6.08 Å². The molecule has 0 aliphatic heterocycles. The number of pyridine rings is 1. The molecule has 1 atom stereocenters. The van der Waals surface area contributed by atoms with Crippen molar-refractivity contribution in [3.63, 3.8) is 0 Å². The van der Waals surface area contributed by atoms with Gasteiger partial charge >= 0.3 is 0 Å². The summed E-state index contributed by atoms with van der Waals surface area (Å²) in [7, 11) is 0. The Morgan fingerprint density at radius 3 is 2.91 bits per heavy atom. The summed E-state index contributed by atoms with van der Waals surface area (Å²) >= 11 is 6.13. The molecule has 1 N–H and O–H groups in total. The standard InChI is InChI=1S/C19H26ClN3/c1-4-23(5-2)13-7-8-15(3)22-18-11-12-21-19-14-16(20)9-6-10-17(18)19/h11-12,14-15H,4-5,7-9,13H2,1-3H3,(H,21,22). The van der Waals surface area contributed by atoms with Gasteiger partial charge in [0.15, 0.2) is 0 Å². The summed E-state index contributed by atoms with van der Waals surface area (Å²) < 4.78 is 0. The van der Waals surface area contributed by atoms with Crippen LogP contribution in [-0.4, -0.2) is 35.6 Å². The van der Waals surface area contributed by atoms with Gasteiger partial charge < -0.3 is 10.2 Å². The summed E-state index contributed by atoms with van der Waals surface area (Å²) in [5, 5.41) is 4.33. The third kappa shape index (κ3) is 5.27. The Morgan fingerprint density at radius 2 is 2.17 bits per heavy atom. The van der Waals surface area contributed by atoms with Crippen molar-refractivity contribution in [3.8, 4) is 11.8 Å². The molecule has 3 nitrogen and oxygen atoms in total. The van der Waals surface area contributed by atoms with Gasteiger partial charge in [-0.3, -0.25) is 4.98 Å². The van der Waals surface area contributed by atoms with Crippen molar-refractivity contribution in [2.45, 2.75) is 46.1 Å². The first-order valence-electron chi connectivity index (χ1n) is 8.46. The molecule has 1 aromatic heterocycles. The number of hydrogen-bond donors (Lipinski definition) is 1. The smallest absolute Gasteiger partial charge is 0.0818 e. The molecule has 0 saturated heterocycles. The Balaban J connectivity index is 1.98. The lowest BCUT2D eigenvalue weighted by atomic mass is 10.1. The van der Waals surface area contributed by atoms with Crippen molar-refractivity contribution in [1.29, 1.82) is 0 Å². The average molecular weight is 332 g/mol. The first-order chi connectivity index (χ1) is 11.1. The molecule has 23 heavy (non-hydrogen) atoms. The number of nitrogens with one attached hydrogen (secondary N) is 1. The van der Waals surface area contributed by atoms with Crippen molar-refractivity contribution < 1.29 is 0 Å². The molecule has 0 amide bonds. The zero-order chi connectivity index (χ0) is 16.7. The van der Waals surface area contributed by atoms with E-state index >= 15 is 0 Å². The number of fused-ring (bicyclic) bond motifs is 1. The normalized spacial score (nSPS) is 14.4. The third-order valence-corrected chi connectivity index (χ3v) is 4.39. The molecule has 0 bridgehead atoms. The highest BCUT2D eigenvalue weighted by Gasteiger charge is 2.11. The van der Waals surface area contributed by atoms with E-state index in [1.54, 1.807) is 0 Å². The number of allylic oxidation sites excluding steroid dienone is 1. The van der Waals surface area contributed by atoms with Crippen LogP contribution in [0, 0.1) is 11.8 Å².